The van der Waals surface area contributed by atoms with E-state index in [1.54, 1.807) is 6.07 Å². The van der Waals surface area contributed by atoms with Gasteiger partial charge in [0.25, 0.3) is 0 Å². The van der Waals surface area contributed by atoms with Gasteiger partial charge >= 0.3 is 0 Å². The van der Waals surface area contributed by atoms with Crippen molar-refractivity contribution in [3.63, 3.8) is 0 Å². The number of ether oxygens (including phenoxy) is 1. The van der Waals surface area contributed by atoms with Gasteiger partial charge in [0.2, 0.25) is 0 Å². The van der Waals surface area contributed by atoms with Crippen molar-refractivity contribution in [3.8, 4) is 5.75 Å². The third-order valence-electron chi connectivity index (χ3n) is 3.13. The highest BCUT2D eigenvalue weighted by atomic mass is 16.5. The predicted octanol–water partition coefficient (Wildman–Crippen LogP) is 3.59. The van der Waals surface area contributed by atoms with Crippen molar-refractivity contribution in [3.05, 3.63) is 35.2 Å². The molecule has 3 nitrogen and oxygen atoms in total. The lowest BCUT2D eigenvalue weighted by atomic mass is 9.98. The summed E-state index contributed by atoms with van der Waals surface area (Å²) in [6.07, 6.45) is 3.24. The van der Waals surface area contributed by atoms with Crippen LogP contribution in [0.4, 0.5) is 5.69 Å². The molecule has 0 radical (unpaired) electrons. The summed E-state index contributed by atoms with van der Waals surface area (Å²) in [5.41, 5.74) is 1.70. The predicted molar refractivity (Wildman–Crippen MR) is 73.1 cm³/mol. The first-order valence-corrected chi connectivity index (χ1v) is 6.45. The van der Waals surface area contributed by atoms with Gasteiger partial charge in [0, 0.05) is 0 Å². The van der Waals surface area contributed by atoms with Crippen molar-refractivity contribution in [1.29, 1.82) is 0 Å². The molecule has 0 aliphatic carbocycles. The largest absolute Gasteiger partial charge is 0.492 e. The maximum Gasteiger partial charge on any atom is 0.190 e. The fourth-order valence-electron chi connectivity index (χ4n) is 1.72. The van der Waals surface area contributed by atoms with Crippen LogP contribution in [0.25, 0.3) is 4.85 Å². The minimum atomic E-state index is -0.00690. The molecular weight excluding hydrogens is 226 g/mol. The summed E-state index contributed by atoms with van der Waals surface area (Å²) in [6, 6.07) is 5.54. The molecule has 0 aliphatic rings. The molecule has 1 aromatic carbocycles. The standard InChI is InChI=1S/C15H21NO2/c1-4-12(2)5-6-13-7-8-14(16-3)11-15(13)18-10-9-17/h7-8,11-12,17H,4-6,9-10H2,1-2H3. The lowest BCUT2D eigenvalue weighted by molar-refractivity contribution is 0.200. The molecule has 0 amide bonds. The van der Waals surface area contributed by atoms with E-state index in [-0.39, 0.29) is 13.2 Å². The lowest BCUT2D eigenvalue weighted by Crippen LogP contribution is -2.04. The molecule has 3 heteroatoms. The highest BCUT2D eigenvalue weighted by Crippen LogP contribution is 2.27. The van der Waals surface area contributed by atoms with Crippen molar-refractivity contribution < 1.29 is 9.84 Å². The molecule has 0 spiro atoms. The van der Waals surface area contributed by atoms with Crippen LogP contribution in [0.3, 0.4) is 0 Å². The normalized spacial score (nSPS) is 11.9. The van der Waals surface area contributed by atoms with E-state index in [4.69, 9.17) is 16.4 Å². The second kappa shape index (κ2) is 7.73. The molecule has 18 heavy (non-hydrogen) atoms. The second-order valence-electron chi connectivity index (χ2n) is 4.53. The van der Waals surface area contributed by atoms with Crippen molar-refractivity contribution in [2.24, 2.45) is 5.92 Å². The van der Waals surface area contributed by atoms with Crippen molar-refractivity contribution in [2.45, 2.75) is 33.1 Å². The zero-order valence-corrected chi connectivity index (χ0v) is 11.1. The van der Waals surface area contributed by atoms with E-state index in [1.807, 2.05) is 12.1 Å². The number of hydrogen-bond acceptors (Lipinski definition) is 2. The molecule has 1 aromatic rings. The quantitative estimate of drug-likeness (QED) is 0.747. The summed E-state index contributed by atoms with van der Waals surface area (Å²) in [5, 5.41) is 8.82. The molecule has 0 aromatic heterocycles. The van der Waals surface area contributed by atoms with Gasteiger partial charge in [-0.05, 0) is 30.4 Å². The van der Waals surface area contributed by atoms with Crippen LogP contribution >= 0.6 is 0 Å². The third-order valence-corrected chi connectivity index (χ3v) is 3.13. The maximum atomic E-state index is 8.82. The number of hydrogen-bond donors (Lipinski definition) is 1. The molecule has 0 saturated carbocycles. The average molecular weight is 247 g/mol. The second-order valence-corrected chi connectivity index (χ2v) is 4.53. The molecule has 1 atom stereocenters. The summed E-state index contributed by atoms with van der Waals surface area (Å²) in [6.45, 7) is 11.7. The van der Waals surface area contributed by atoms with Crippen LogP contribution in [0.5, 0.6) is 5.75 Å². The summed E-state index contributed by atoms with van der Waals surface area (Å²) in [4.78, 5) is 3.40. The summed E-state index contributed by atoms with van der Waals surface area (Å²) in [7, 11) is 0. The van der Waals surface area contributed by atoms with Crippen molar-refractivity contribution in [2.75, 3.05) is 13.2 Å². The molecule has 0 fully saturated rings. The zero-order chi connectivity index (χ0) is 13.4. The molecule has 1 rings (SSSR count). The number of aryl methyl sites for hydroxylation is 1. The first kappa shape index (κ1) is 14.5. The lowest BCUT2D eigenvalue weighted by Gasteiger charge is -2.13. The van der Waals surface area contributed by atoms with Gasteiger partial charge in [-0.25, -0.2) is 4.85 Å². The summed E-state index contributed by atoms with van der Waals surface area (Å²) < 4.78 is 5.50. The molecule has 98 valence electrons. The van der Waals surface area contributed by atoms with Gasteiger partial charge < -0.3 is 9.84 Å². The molecule has 1 N–H and O–H groups in total. The molecule has 0 aliphatic heterocycles. The number of aliphatic hydroxyl groups excluding tert-OH is 1. The van der Waals surface area contributed by atoms with Crippen LogP contribution in [-0.4, -0.2) is 18.3 Å². The Hall–Kier alpha value is -1.53. The average Bonchev–Trinajstić information content (AvgIpc) is 2.42. The minimum Gasteiger partial charge on any atom is -0.492 e. The van der Waals surface area contributed by atoms with Crippen LogP contribution < -0.4 is 4.74 Å². The monoisotopic (exact) mass is 247 g/mol. The minimum absolute atomic E-state index is 0.00690. The van der Waals surface area contributed by atoms with Crippen LogP contribution in [-0.2, 0) is 6.42 Å². The van der Waals surface area contributed by atoms with Gasteiger partial charge in [0.05, 0.1) is 13.2 Å². The first-order valence-electron chi connectivity index (χ1n) is 6.45. The Morgan fingerprint density at radius 1 is 1.44 bits per heavy atom. The van der Waals surface area contributed by atoms with Crippen molar-refractivity contribution >= 4 is 5.69 Å². The topological polar surface area (TPSA) is 33.8 Å². The molecular formula is C15H21NO2. The highest BCUT2D eigenvalue weighted by molar-refractivity contribution is 5.52. The molecule has 1 unspecified atom stereocenters. The van der Waals surface area contributed by atoms with Crippen LogP contribution in [0.2, 0.25) is 0 Å². The smallest absolute Gasteiger partial charge is 0.190 e. The van der Waals surface area contributed by atoms with Crippen LogP contribution in [0.1, 0.15) is 32.3 Å². The van der Waals surface area contributed by atoms with E-state index in [9.17, 15) is 0 Å². The van der Waals surface area contributed by atoms with Gasteiger partial charge in [-0.3, -0.25) is 0 Å². The molecule has 0 heterocycles. The van der Waals surface area contributed by atoms with Gasteiger partial charge in [-0.2, -0.15) is 0 Å². The van der Waals surface area contributed by atoms with E-state index < -0.39 is 0 Å². The van der Waals surface area contributed by atoms with E-state index >= 15 is 0 Å². The summed E-state index contributed by atoms with van der Waals surface area (Å²) in [5.74, 6) is 1.43. The Labute approximate surface area is 109 Å². The van der Waals surface area contributed by atoms with E-state index in [1.165, 1.54) is 6.42 Å². The van der Waals surface area contributed by atoms with Gasteiger partial charge in [-0.15, -0.1) is 0 Å². The Morgan fingerprint density at radius 2 is 2.22 bits per heavy atom. The number of benzene rings is 1. The number of rotatable bonds is 7. The Morgan fingerprint density at radius 3 is 2.83 bits per heavy atom. The number of nitrogens with zero attached hydrogens (tertiary/aromatic N) is 1. The SMILES string of the molecule is [C-]#[N+]c1ccc(CCC(C)CC)c(OCCO)c1. The Kier molecular flexibility index (Phi) is 6.24. The zero-order valence-electron chi connectivity index (χ0n) is 11.1. The van der Waals surface area contributed by atoms with E-state index in [0.717, 1.165) is 24.2 Å². The summed E-state index contributed by atoms with van der Waals surface area (Å²) >= 11 is 0. The van der Waals surface area contributed by atoms with Crippen LogP contribution in [0.15, 0.2) is 18.2 Å². The van der Waals surface area contributed by atoms with Gasteiger partial charge in [-0.1, -0.05) is 32.4 Å². The number of aliphatic hydroxyl groups is 1. The molecule has 0 saturated heterocycles. The fraction of sp³-hybridized carbons (Fsp3) is 0.533. The van der Waals surface area contributed by atoms with Gasteiger partial charge in [0.15, 0.2) is 5.69 Å². The first-order chi connectivity index (χ1) is 8.71. The van der Waals surface area contributed by atoms with Crippen molar-refractivity contribution in [1.82, 2.24) is 0 Å². The van der Waals surface area contributed by atoms with E-state index in [0.29, 0.717) is 11.6 Å². The molecule has 0 bridgehead atoms. The van der Waals surface area contributed by atoms with E-state index in [2.05, 4.69) is 18.7 Å². The highest BCUT2D eigenvalue weighted by Gasteiger charge is 2.07. The van der Waals surface area contributed by atoms with Gasteiger partial charge in [0.1, 0.15) is 12.4 Å². The Balaban J connectivity index is 2.78. The maximum absolute atomic E-state index is 8.82. The Bertz CT molecular complexity index is 409. The van der Waals surface area contributed by atoms with Crippen LogP contribution in [0, 0.1) is 12.5 Å². The third kappa shape index (κ3) is 4.38. The fourth-order valence-corrected chi connectivity index (χ4v) is 1.72.